The van der Waals surface area contributed by atoms with Crippen LogP contribution in [0.25, 0.3) is 16.8 Å². The molecule has 4 aromatic rings. The average Bonchev–Trinajstić information content (AvgIpc) is 3.47. The number of benzene rings is 1. The Labute approximate surface area is 183 Å². The highest BCUT2D eigenvalue weighted by Crippen LogP contribution is 2.30. The van der Waals surface area contributed by atoms with E-state index in [-0.39, 0.29) is 18.3 Å². The summed E-state index contributed by atoms with van der Waals surface area (Å²) in [5.74, 6) is 0.957. The molecular weight excluding hydrogens is 411 g/mol. The Hall–Kier alpha value is -4.01. The van der Waals surface area contributed by atoms with Gasteiger partial charge in [-0.1, -0.05) is 6.07 Å². The fraction of sp³-hybridized carbons (Fsp3) is 0.217. The number of carbonyl (C=O) groups is 1. The molecule has 8 nitrogen and oxygen atoms in total. The standard InChI is InChI=1S/C23H21FN6O2/c1-32-20-5-2-4-19(24)18(20)13-26-21-8-7-17(23-28-27-14-30(21)23)15-10-16(12-25-11-15)29-9-3-6-22(29)31/h2,4-5,7-8,10-12,14,26H,3,6,9,13H2,1H3. The highest BCUT2D eigenvalue weighted by molar-refractivity contribution is 5.96. The lowest BCUT2D eigenvalue weighted by Crippen LogP contribution is -2.23. The van der Waals surface area contributed by atoms with Crippen LogP contribution in [0.2, 0.25) is 0 Å². The van der Waals surface area contributed by atoms with Gasteiger partial charge in [0.05, 0.1) is 19.0 Å². The van der Waals surface area contributed by atoms with Crippen molar-refractivity contribution in [3.8, 4) is 16.9 Å². The molecule has 4 heterocycles. The first-order valence-electron chi connectivity index (χ1n) is 10.3. The smallest absolute Gasteiger partial charge is 0.227 e. The third-order valence-corrected chi connectivity index (χ3v) is 5.62. The summed E-state index contributed by atoms with van der Waals surface area (Å²) in [5, 5.41) is 11.6. The molecule has 0 aliphatic carbocycles. The minimum absolute atomic E-state index is 0.111. The third kappa shape index (κ3) is 3.51. The van der Waals surface area contributed by atoms with Gasteiger partial charge in [-0.25, -0.2) is 4.39 Å². The molecule has 9 heteroatoms. The van der Waals surface area contributed by atoms with Gasteiger partial charge >= 0.3 is 0 Å². The van der Waals surface area contributed by atoms with Gasteiger partial charge < -0.3 is 15.0 Å². The Morgan fingerprint density at radius 3 is 2.94 bits per heavy atom. The molecule has 5 rings (SSSR count). The number of fused-ring (bicyclic) bond motifs is 1. The summed E-state index contributed by atoms with van der Waals surface area (Å²) in [6.07, 6.45) is 6.45. The van der Waals surface area contributed by atoms with Gasteiger partial charge in [0.1, 0.15) is 23.7 Å². The van der Waals surface area contributed by atoms with Crippen LogP contribution in [0.3, 0.4) is 0 Å². The molecule has 3 aromatic heterocycles. The fourth-order valence-corrected chi connectivity index (χ4v) is 4.01. The number of hydrogen-bond donors (Lipinski definition) is 1. The minimum Gasteiger partial charge on any atom is -0.496 e. The summed E-state index contributed by atoms with van der Waals surface area (Å²) < 4.78 is 21.4. The first kappa shape index (κ1) is 19.9. The summed E-state index contributed by atoms with van der Waals surface area (Å²) in [5.41, 5.74) is 3.51. The molecule has 1 aliphatic rings. The van der Waals surface area contributed by atoms with Gasteiger partial charge in [0.25, 0.3) is 0 Å². The molecular formula is C23H21FN6O2. The van der Waals surface area contributed by atoms with Crippen molar-refractivity contribution in [1.82, 2.24) is 19.6 Å². The van der Waals surface area contributed by atoms with E-state index >= 15 is 0 Å². The van der Waals surface area contributed by atoms with E-state index < -0.39 is 0 Å². The first-order chi connectivity index (χ1) is 15.7. The number of carbonyl (C=O) groups excluding carboxylic acids is 1. The van der Waals surface area contributed by atoms with Crippen molar-refractivity contribution in [3.05, 3.63) is 66.5 Å². The Balaban J connectivity index is 1.47. The van der Waals surface area contributed by atoms with Crippen LogP contribution in [0.4, 0.5) is 15.9 Å². The zero-order chi connectivity index (χ0) is 22.1. The van der Waals surface area contributed by atoms with Crippen LogP contribution in [0.1, 0.15) is 18.4 Å². The van der Waals surface area contributed by atoms with Gasteiger partial charge in [0.15, 0.2) is 5.65 Å². The number of amides is 1. The number of hydrogen-bond acceptors (Lipinski definition) is 6. The van der Waals surface area contributed by atoms with E-state index in [1.807, 2.05) is 18.2 Å². The number of pyridine rings is 2. The van der Waals surface area contributed by atoms with Gasteiger partial charge in [0.2, 0.25) is 5.91 Å². The van der Waals surface area contributed by atoms with E-state index in [0.717, 1.165) is 23.2 Å². The van der Waals surface area contributed by atoms with E-state index in [2.05, 4.69) is 20.5 Å². The van der Waals surface area contributed by atoms with Crippen LogP contribution < -0.4 is 15.0 Å². The number of ether oxygens (including phenoxy) is 1. The highest BCUT2D eigenvalue weighted by Gasteiger charge is 2.22. The Bertz CT molecular complexity index is 1300. The lowest BCUT2D eigenvalue weighted by atomic mass is 10.1. The van der Waals surface area contributed by atoms with Gasteiger partial charge in [0, 0.05) is 42.4 Å². The monoisotopic (exact) mass is 432 g/mol. The maximum Gasteiger partial charge on any atom is 0.227 e. The summed E-state index contributed by atoms with van der Waals surface area (Å²) in [6.45, 7) is 0.934. The molecule has 0 saturated carbocycles. The van der Waals surface area contributed by atoms with Crippen molar-refractivity contribution in [3.63, 3.8) is 0 Å². The number of methoxy groups -OCH3 is 1. The van der Waals surface area contributed by atoms with Crippen LogP contribution in [-0.2, 0) is 11.3 Å². The molecule has 1 saturated heterocycles. The van der Waals surface area contributed by atoms with Crippen molar-refractivity contribution in [2.45, 2.75) is 19.4 Å². The van der Waals surface area contributed by atoms with Gasteiger partial charge in [-0.05, 0) is 36.8 Å². The molecule has 162 valence electrons. The molecule has 0 unspecified atom stereocenters. The SMILES string of the molecule is COc1cccc(F)c1CNc1ccc(-c2cncc(N3CCCC3=O)c2)c2nncn12. The van der Waals surface area contributed by atoms with Crippen LogP contribution in [0.15, 0.2) is 55.1 Å². The maximum atomic E-state index is 14.3. The lowest BCUT2D eigenvalue weighted by molar-refractivity contribution is -0.117. The van der Waals surface area contributed by atoms with Crippen molar-refractivity contribution < 1.29 is 13.9 Å². The Morgan fingerprint density at radius 2 is 2.12 bits per heavy atom. The molecule has 1 fully saturated rings. The van der Waals surface area contributed by atoms with Crippen LogP contribution in [0.5, 0.6) is 5.75 Å². The van der Waals surface area contributed by atoms with Crippen molar-refractivity contribution in [1.29, 1.82) is 0 Å². The second kappa shape index (κ2) is 8.26. The number of aromatic nitrogens is 4. The zero-order valence-electron chi connectivity index (χ0n) is 17.5. The number of nitrogens with zero attached hydrogens (tertiary/aromatic N) is 5. The second-order valence-corrected chi connectivity index (χ2v) is 7.51. The first-order valence-corrected chi connectivity index (χ1v) is 10.3. The average molecular weight is 432 g/mol. The number of rotatable bonds is 6. The molecule has 0 bridgehead atoms. The van der Waals surface area contributed by atoms with E-state index in [0.29, 0.717) is 35.7 Å². The Morgan fingerprint density at radius 1 is 1.22 bits per heavy atom. The number of anilines is 2. The molecule has 0 radical (unpaired) electrons. The summed E-state index contributed by atoms with van der Waals surface area (Å²) in [6, 6.07) is 10.5. The molecule has 1 N–H and O–H groups in total. The van der Waals surface area contributed by atoms with E-state index in [4.69, 9.17) is 4.74 Å². The van der Waals surface area contributed by atoms with Crippen LogP contribution >= 0.6 is 0 Å². The largest absolute Gasteiger partial charge is 0.496 e. The lowest BCUT2D eigenvalue weighted by Gasteiger charge is -2.16. The van der Waals surface area contributed by atoms with Crippen LogP contribution in [0, 0.1) is 5.82 Å². The molecule has 1 aromatic carbocycles. The third-order valence-electron chi connectivity index (χ3n) is 5.62. The fourth-order valence-electron chi connectivity index (χ4n) is 4.01. The van der Waals surface area contributed by atoms with E-state index in [1.165, 1.54) is 13.2 Å². The number of halogens is 1. The summed E-state index contributed by atoms with van der Waals surface area (Å²) >= 11 is 0. The van der Waals surface area contributed by atoms with Crippen molar-refractivity contribution >= 4 is 23.1 Å². The maximum absolute atomic E-state index is 14.3. The normalized spacial score (nSPS) is 13.7. The molecule has 0 atom stereocenters. The molecule has 32 heavy (non-hydrogen) atoms. The topological polar surface area (TPSA) is 84.6 Å². The predicted molar refractivity (Wildman–Crippen MR) is 118 cm³/mol. The second-order valence-electron chi connectivity index (χ2n) is 7.51. The predicted octanol–water partition coefficient (Wildman–Crippen LogP) is 3.68. The highest BCUT2D eigenvalue weighted by atomic mass is 19.1. The molecule has 1 aliphatic heterocycles. The quantitative estimate of drug-likeness (QED) is 0.500. The molecule has 0 spiro atoms. The van der Waals surface area contributed by atoms with Gasteiger partial charge in [-0.15, -0.1) is 10.2 Å². The van der Waals surface area contributed by atoms with Gasteiger partial charge in [-0.3, -0.25) is 14.2 Å². The summed E-state index contributed by atoms with van der Waals surface area (Å²) in [7, 11) is 1.52. The van der Waals surface area contributed by atoms with Crippen molar-refractivity contribution in [2.24, 2.45) is 0 Å². The Kier molecular flexibility index (Phi) is 5.14. The zero-order valence-corrected chi connectivity index (χ0v) is 17.5. The molecule has 1 amide bonds. The minimum atomic E-state index is -0.340. The van der Waals surface area contributed by atoms with Crippen LogP contribution in [-0.4, -0.2) is 39.1 Å². The van der Waals surface area contributed by atoms with E-state index in [9.17, 15) is 9.18 Å². The number of nitrogens with one attached hydrogen (secondary N) is 1. The van der Waals surface area contributed by atoms with Gasteiger partial charge in [-0.2, -0.15) is 0 Å². The summed E-state index contributed by atoms with van der Waals surface area (Å²) in [4.78, 5) is 18.2. The van der Waals surface area contributed by atoms with E-state index in [1.54, 1.807) is 40.2 Å². The van der Waals surface area contributed by atoms with Crippen molar-refractivity contribution in [2.75, 3.05) is 23.9 Å².